The predicted octanol–water partition coefficient (Wildman–Crippen LogP) is 2.79. The van der Waals surface area contributed by atoms with Gasteiger partial charge < -0.3 is 14.8 Å². The first kappa shape index (κ1) is 16.3. The van der Waals surface area contributed by atoms with Gasteiger partial charge in [0.15, 0.2) is 0 Å². The summed E-state index contributed by atoms with van der Waals surface area (Å²) in [6.07, 6.45) is 2.29. The fraction of sp³-hybridized carbons (Fsp3) is 0.462. The van der Waals surface area contributed by atoms with Crippen LogP contribution >= 0.6 is 28.3 Å². The van der Waals surface area contributed by atoms with Crippen LogP contribution in [-0.2, 0) is 4.74 Å². The Bertz CT molecular complexity index is 436. The summed E-state index contributed by atoms with van der Waals surface area (Å²) in [6.45, 7) is 1.61. The summed E-state index contributed by atoms with van der Waals surface area (Å²) in [6, 6.07) is 5.66. The Morgan fingerprint density at radius 2 is 2.32 bits per heavy atom. The third kappa shape index (κ3) is 4.37. The highest BCUT2D eigenvalue weighted by atomic mass is 79.9. The van der Waals surface area contributed by atoms with Gasteiger partial charge in [-0.2, -0.15) is 0 Å². The molecule has 1 aromatic carbocycles. The number of benzene rings is 1. The lowest BCUT2D eigenvalue weighted by Gasteiger charge is -2.14. The van der Waals surface area contributed by atoms with Crippen molar-refractivity contribution in [2.75, 3.05) is 20.3 Å². The van der Waals surface area contributed by atoms with E-state index in [-0.39, 0.29) is 18.4 Å². The van der Waals surface area contributed by atoms with E-state index in [1.807, 2.05) is 0 Å². The molecule has 0 aromatic heterocycles. The van der Waals surface area contributed by atoms with Crippen LogP contribution in [0, 0.1) is 0 Å². The summed E-state index contributed by atoms with van der Waals surface area (Å²) in [4.78, 5) is 11.6. The SMILES string of the molecule is COC(=O)c1ccc(Br)cc1OC[C@@H]1CCCN1.Cl. The standard InChI is InChI=1S/C13H16BrNO3.ClH/c1-17-13(16)11-5-4-9(14)7-12(11)18-8-10-3-2-6-15-10;/h4-5,7,10,15H,2-3,6,8H2,1H3;1H/t10-;/m0./s1. The zero-order valence-electron chi connectivity index (χ0n) is 10.6. The van der Waals surface area contributed by atoms with Crippen molar-refractivity contribution in [3.8, 4) is 5.75 Å². The second kappa shape index (κ2) is 7.72. The van der Waals surface area contributed by atoms with Crippen molar-refractivity contribution < 1.29 is 14.3 Å². The number of ether oxygens (including phenoxy) is 2. The number of esters is 1. The van der Waals surface area contributed by atoms with Gasteiger partial charge in [0.1, 0.15) is 17.9 Å². The van der Waals surface area contributed by atoms with Crippen LogP contribution in [-0.4, -0.2) is 32.3 Å². The van der Waals surface area contributed by atoms with E-state index in [4.69, 9.17) is 9.47 Å². The maximum absolute atomic E-state index is 11.6. The molecule has 0 amide bonds. The summed E-state index contributed by atoms with van der Waals surface area (Å²) in [5.41, 5.74) is 0.457. The van der Waals surface area contributed by atoms with Crippen LogP contribution in [0.5, 0.6) is 5.75 Å². The normalized spacial score (nSPS) is 17.7. The zero-order valence-corrected chi connectivity index (χ0v) is 13.1. The maximum atomic E-state index is 11.6. The Hall–Kier alpha value is -0.780. The van der Waals surface area contributed by atoms with Crippen LogP contribution in [0.4, 0.5) is 0 Å². The van der Waals surface area contributed by atoms with Crippen molar-refractivity contribution in [3.05, 3.63) is 28.2 Å². The number of nitrogens with one attached hydrogen (secondary N) is 1. The number of methoxy groups -OCH3 is 1. The Balaban J connectivity index is 0.00000180. The number of hydrogen-bond donors (Lipinski definition) is 1. The molecule has 1 aliphatic heterocycles. The van der Waals surface area contributed by atoms with E-state index in [0.717, 1.165) is 17.4 Å². The van der Waals surface area contributed by atoms with Crippen molar-refractivity contribution >= 4 is 34.3 Å². The quantitative estimate of drug-likeness (QED) is 0.848. The van der Waals surface area contributed by atoms with Gasteiger partial charge in [0.25, 0.3) is 0 Å². The van der Waals surface area contributed by atoms with Gasteiger partial charge in [0.2, 0.25) is 0 Å². The Morgan fingerprint density at radius 3 is 2.95 bits per heavy atom. The van der Waals surface area contributed by atoms with E-state index in [0.29, 0.717) is 24.0 Å². The van der Waals surface area contributed by atoms with Crippen LogP contribution in [0.2, 0.25) is 0 Å². The molecule has 0 saturated carbocycles. The minimum absolute atomic E-state index is 0. The van der Waals surface area contributed by atoms with E-state index in [9.17, 15) is 4.79 Å². The molecular weight excluding hydrogens is 334 g/mol. The van der Waals surface area contributed by atoms with Gasteiger partial charge in [-0.05, 0) is 37.6 Å². The Morgan fingerprint density at radius 1 is 1.53 bits per heavy atom. The first-order chi connectivity index (χ1) is 8.70. The highest BCUT2D eigenvalue weighted by Crippen LogP contribution is 2.25. The number of halogens is 2. The van der Waals surface area contributed by atoms with Gasteiger partial charge in [-0.25, -0.2) is 4.79 Å². The first-order valence-corrected chi connectivity index (χ1v) is 6.74. The molecule has 1 aromatic rings. The largest absolute Gasteiger partial charge is 0.491 e. The third-order valence-electron chi connectivity index (χ3n) is 2.95. The average molecular weight is 351 g/mol. The van der Waals surface area contributed by atoms with Crippen molar-refractivity contribution in [1.82, 2.24) is 5.32 Å². The summed E-state index contributed by atoms with van der Waals surface area (Å²) < 4.78 is 11.3. The summed E-state index contributed by atoms with van der Waals surface area (Å²) in [7, 11) is 1.37. The van der Waals surface area contributed by atoms with Crippen LogP contribution in [0.3, 0.4) is 0 Å². The highest BCUT2D eigenvalue weighted by Gasteiger charge is 2.17. The molecule has 0 aliphatic carbocycles. The molecule has 0 spiro atoms. The molecule has 106 valence electrons. The first-order valence-electron chi connectivity index (χ1n) is 5.95. The van der Waals surface area contributed by atoms with Crippen LogP contribution in [0.1, 0.15) is 23.2 Å². The third-order valence-corrected chi connectivity index (χ3v) is 3.44. The van der Waals surface area contributed by atoms with Crippen molar-refractivity contribution in [1.29, 1.82) is 0 Å². The molecule has 19 heavy (non-hydrogen) atoms. The molecule has 1 fully saturated rings. The van der Waals surface area contributed by atoms with Crippen LogP contribution in [0.25, 0.3) is 0 Å². The molecule has 1 N–H and O–H groups in total. The topological polar surface area (TPSA) is 47.6 Å². The molecule has 4 nitrogen and oxygen atoms in total. The van der Waals surface area contributed by atoms with Crippen molar-refractivity contribution in [2.24, 2.45) is 0 Å². The maximum Gasteiger partial charge on any atom is 0.341 e. The van der Waals surface area contributed by atoms with Crippen molar-refractivity contribution in [2.45, 2.75) is 18.9 Å². The lowest BCUT2D eigenvalue weighted by molar-refractivity contribution is 0.0595. The van der Waals surface area contributed by atoms with Gasteiger partial charge in [-0.1, -0.05) is 15.9 Å². The lowest BCUT2D eigenvalue weighted by atomic mass is 10.2. The van der Waals surface area contributed by atoms with E-state index < -0.39 is 0 Å². The van der Waals surface area contributed by atoms with E-state index in [2.05, 4.69) is 21.2 Å². The van der Waals surface area contributed by atoms with Gasteiger partial charge in [0.05, 0.1) is 7.11 Å². The molecule has 0 unspecified atom stereocenters. The summed E-state index contributed by atoms with van der Waals surface area (Å²) in [5, 5.41) is 3.35. The fourth-order valence-electron chi connectivity index (χ4n) is 1.98. The monoisotopic (exact) mass is 349 g/mol. The molecule has 0 radical (unpaired) electrons. The molecule has 2 rings (SSSR count). The smallest absolute Gasteiger partial charge is 0.341 e. The molecule has 1 aliphatic rings. The number of hydrogen-bond acceptors (Lipinski definition) is 4. The Kier molecular flexibility index (Phi) is 6.62. The van der Waals surface area contributed by atoms with Gasteiger partial charge in [0, 0.05) is 10.5 Å². The van der Waals surface area contributed by atoms with E-state index in [1.165, 1.54) is 13.5 Å². The van der Waals surface area contributed by atoms with Gasteiger partial charge in [-0.15, -0.1) is 12.4 Å². The minimum Gasteiger partial charge on any atom is -0.491 e. The molecule has 0 bridgehead atoms. The van der Waals surface area contributed by atoms with E-state index in [1.54, 1.807) is 18.2 Å². The number of rotatable bonds is 4. The van der Waals surface area contributed by atoms with Crippen LogP contribution < -0.4 is 10.1 Å². The lowest BCUT2D eigenvalue weighted by Crippen LogP contribution is -2.28. The minimum atomic E-state index is -0.378. The molecule has 1 heterocycles. The second-order valence-corrected chi connectivity index (χ2v) is 5.15. The van der Waals surface area contributed by atoms with E-state index >= 15 is 0 Å². The second-order valence-electron chi connectivity index (χ2n) is 4.24. The predicted molar refractivity (Wildman–Crippen MR) is 79.2 cm³/mol. The van der Waals surface area contributed by atoms with Crippen LogP contribution in [0.15, 0.2) is 22.7 Å². The molecule has 6 heteroatoms. The fourth-order valence-corrected chi connectivity index (χ4v) is 2.32. The zero-order chi connectivity index (χ0) is 13.0. The Labute approximate surface area is 127 Å². The molecule has 1 saturated heterocycles. The average Bonchev–Trinajstić information content (AvgIpc) is 2.88. The summed E-state index contributed by atoms with van der Waals surface area (Å²) >= 11 is 3.37. The van der Waals surface area contributed by atoms with Crippen molar-refractivity contribution in [3.63, 3.8) is 0 Å². The summed E-state index contributed by atoms with van der Waals surface area (Å²) in [5.74, 6) is 0.182. The van der Waals surface area contributed by atoms with Gasteiger partial charge in [-0.3, -0.25) is 0 Å². The molecule has 1 atom stereocenters. The van der Waals surface area contributed by atoms with Gasteiger partial charge >= 0.3 is 5.97 Å². The number of carbonyl (C=O) groups is 1. The number of carbonyl (C=O) groups excluding carboxylic acids is 1. The highest BCUT2D eigenvalue weighted by molar-refractivity contribution is 9.10. The molecular formula is C13H17BrClNO3.